The molecule has 0 radical (unpaired) electrons. The van der Waals surface area contributed by atoms with Gasteiger partial charge in [0.2, 0.25) is 5.95 Å². The first kappa shape index (κ1) is 28.1. The van der Waals surface area contributed by atoms with Gasteiger partial charge in [-0.15, -0.1) is 0 Å². The highest BCUT2D eigenvalue weighted by atomic mass is 79.9. The smallest absolute Gasteiger partial charge is 0.308 e. The molecule has 2 aromatic carbocycles. The predicted octanol–water partition coefficient (Wildman–Crippen LogP) is 5.16. The van der Waals surface area contributed by atoms with Crippen molar-refractivity contribution in [2.75, 3.05) is 25.1 Å². The summed E-state index contributed by atoms with van der Waals surface area (Å²) in [5.74, 6) is -0.917. The molecule has 39 heavy (non-hydrogen) atoms. The highest BCUT2D eigenvalue weighted by molar-refractivity contribution is 9.10. The second-order valence-corrected chi connectivity index (χ2v) is 13.5. The Morgan fingerprint density at radius 1 is 1.13 bits per heavy atom. The van der Waals surface area contributed by atoms with E-state index in [1.165, 1.54) is 27.1 Å². The lowest BCUT2D eigenvalue weighted by atomic mass is 9.92. The lowest BCUT2D eigenvalue weighted by Gasteiger charge is -2.31. The number of imidazole rings is 1. The average molecular weight is 656 g/mol. The molecule has 2 aliphatic heterocycles. The number of fused-ring (bicyclic) bond motifs is 1. The number of nitrogens with zero attached hydrogens (tertiary/aromatic N) is 4. The van der Waals surface area contributed by atoms with E-state index in [9.17, 15) is 18.0 Å². The van der Waals surface area contributed by atoms with Crippen LogP contribution in [0.2, 0.25) is 10.0 Å². The standard InChI is InChI=1S/C26H25BrCl2N4O5S/c1-26(14-16-3-5-18(27)6-4-16)24(35)32(21-12-19(28)11-20(29)13-21)25-30-15-22(33(25)26)39(36,37)31-9-7-17(8-10-31)23(34)38-2/h3-6,11-13,15,17H,7-10,14H2,1-2H3/t26-/m1/s1. The maximum Gasteiger partial charge on any atom is 0.308 e. The van der Waals surface area contributed by atoms with Gasteiger partial charge in [0, 0.05) is 34.0 Å². The first-order valence-corrected chi connectivity index (χ1v) is 15.2. The number of carbonyl (C=O) groups excluding carboxylic acids is 2. The Labute approximate surface area is 244 Å². The summed E-state index contributed by atoms with van der Waals surface area (Å²) < 4.78 is 36.5. The van der Waals surface area contributed by atoms with Gasteiger partial charge in [-0.05, 0) is 55.7 Å². The Morgan fingerprint density at radius 3 is 2.33 bits per heavy atom. The number of carbonyl (C=O) groups is 2. The summed E-state index contributed by atoms with van der Waals surface area (Å²) in [6.45, 7) is 2.00. The molecule has 1 amide bonds. The molecule has 3 heterocycles. The Bertz CT molecular complexity index is 1530. The molecule has 0 aliphatic carbocycles. The summed E-state index contributed by atoms with van der Waals surface area (Å²) in [4.78, 5) is 31.9. The maximum atomic E-state index is 14.2. The first-order valence-electron chi connectivity index (χ1n) is 12.2. The normalized spacial score (nSPS) is 20.3. The zero-order valence-electron chi connectivity index (χ0n) is 21.1. The van der Waals surface area contributed by atoms with E-state index >= 15 is 0 Å². The fourth-order valence-electron chi connectivity index (χ4n) is 5.24. The van der Waals surface area contributed by atoms with Crippen molar-refractivity contribution in [3.63, 3.8) is 0 Å². The first-order chi connectivity index (χ1) is 18.5. The van der Waals surface area contributed by atoms with Crippen LogP contribution in [0.4, 0.5) is 11.6 Å². The molecule has 0 spiro atoms. The summed E-state index contributed by atoms with van der Waals surface area (Å²) >= 11 is 15.9. The molecule has 1 fully saturated rings. The number of methoxy groups -OCH3 is 1. The molecule has 0 bridgehead atoms. The number of halogens is 3. The van der Waals surface area contributed by atoms with Crippen molar-refractivity contribution in [1.82, 2.24) is 13.9 Å². The monoisotopic (exact) mass is 654 g/mol. The van der Waals surface area contributed by atoms with Gasteiger partial charge in [-0.2, -0.15) is 4.31 Å². The lowest BCUT2D eigenvalue weighted by Crippen LogP contribution is -2.44. The number of piperidine rings is 1. The van der Waals surface area contributed by atoms with Gasteiger partial charge in [0.05, 0.1) is 24.9 Å². The summed E-state index contributed by atoms with van der Waals surface area (Å²) in [7, 11) is -2.75. The van der Waals surface area contributed by atoms with E-state index in [0.717, 1.165) is 10.0 Å². The highest BCUT2D eigenvalue weighted by Gasteiger charge is 2.52. The van der Waals surface area contributed by atoms with E-state index in [1.807, 2.05) is 24.3 Å². The number of hydrogen-bond acceptors (Lipinski definition) is 6. The molecule has 2 aliphatic rings. The molecular weight excluding hydrogens is 631 g/mol. The molecule has 0 N–H and O–H groups in total. The van der Waals surface area contributed by atoms with Crippen molar-refractivity contribution >= 4 is 72.7 Å². The zero-order chi connectivity index (χ0) is 28.1. The van der Waals surface area contributed by atoms with Crippen LogP contribution in [0.15, 0.2) is 58.2 Å². The molecule has 0 saturated carbocycles. The molecule has 0 unspecified atom stereocenters. The second kappa shape index (κ2) is 10.5. The van der Waals surface area contributed by atoms with E-state index in [-0.39, 0.29) is 48.3 Å². The van der Waals surface area contributed by atoms with Crippen molar-refractivity contribution in [3.05, 3.63) is 68.7 Å². The summed E-state index contributed by atoms with van der Waals surface area (Å²) in [5.41, 5.74) is -0.116. The summed E-state index contributed by atoms with van der Waals surface area (Å²) in [6, 6.07) is 12.2. The average Bonchev–Trinajstić information content (AvgIpc) is 3.43. The Morgan fingerprint density at radius 2 is 1.74 bits per heavy atom. The number of anilines is 2. The Balaban J connectivity index is 1.60. The SMILES string of the molecule is COC(=O)C1CCN(S(=O)(=O)c2cnc3n2[C@](C)(Cc2ccc(Br)cc2)C(=O)N3c2cc(Cl)cc(Cl)c2)CC1. The third-order valence-corrected chi connectivity index (χ3v) is 10.1. The summed E-state index contributed by atoms with van der Waals surface area (Å²) in [6.07, 6.45) is 2.17. The number of amides is 1. The Kier molecular flexibility index (Phi) is 7.58. The number of sulfonamides is 1. The molecule has 1 saturated heterocycles. The van der Waals surface area contributed by atoms with Crippen molar-refractivity contribution < 1.29 is 22.7 Å². The van der Waals surface area contributed by atoms with Gasteiger partial charge in [-0.3, -0.25) is 14.2 Å². The molecule has 9 nitrogen and oxygen atoms in total. The third-order valence-electron chi connectivity index (χ3n) is 7.23. The van der Waals surface area contributed by atoms with Crippen LogP contribution < -0.4 is 4.90 Å². The van der Waals surface area contributed by atoms with Crippen molar-refractivity contribution in [3.8, 4) is 0 Å². The molecule has 206 valence electrons. The number of hydrogen-bond donors (Lipinski definition) is 0. The minimum atomic E-state index is -4.07. The molecule has 5 rings (SSSR count). The quantitative estimate of drug-likeness (QED) is 0.340. The second-order valence-electron chi connectivity index (χ2n) is 9.78. The topological polar surface area (TPSA) is 102 Å². The van der Waals surface area contributed by atoms with Crippen LogP contribution in [-0.2, 0) is 36.3 Å². The van der Waals surface area contributed by atoms with E-state index < -0.39 is 15.6 Å². The highest BCUT2D eigenvalue weighted by Crippen LogP contribution is 2.45. The molecule has 1 atom stereocenters. The van der Waals surface area contributed by atoms with Gasteiger partial charge in [-0.25, -0.2) is 18.3 Å². The van der Waals surface area contributed by atoms with E-state index in [2.05, 4.69) is 20.9 Å². The minimum absolute atomic E-state index is 0.0994. The van der Waals surface area contributed by atoms with E-state index in [0.29, 0.717) is 28.6 Å². The van der Waals surface area contributed by atoms with Gasteiger partial charge < -0.3 is 4.74 Å². The summed E-state index contributed by atoms with van der Waals surface area (Å²) in [5, 5.41) is 0.551. The lowest BCUT2D eigenvalue weighted by molar-refractivity contribution is -0.146. The van der Waals surface area contributed by atoms with E-state index in [1.54, 1.807) is 25.1 Å². The fourth-order valence-corrected chi connectivity index (χ4v) is 7.68. The zero-order valence-corrected chi connectivity index (χ0v) is 25.0. The van der Waals surface area contributed by atoms with Crippen LogP contribution in [0.1, 0.15) is 25.3 Å². The van der Waals surface area contributed by atoms with Crippen LogP contribution in [0.5, 0.6) is 0 Å². The number of rotatable bonds is 6. The van der Waals surface area contributed by atoms with Crippen LogP contribution in [0.3, 0.4) is 0 Å². The van der Waals surface area contributed by atoms with Gasteiger partial charge in [-0.1, -0.05) is 51.3 Å². The van der Waals surface area contributed by atoms with Gasteiger partial charge in [0.15, 0.2) is 5.03 Å². The van der Waals surface area contributed by atoms with Gasteiger partial charge in [0.25, 0.3) is 15.9 Å². The number of esters is 1. The maximum absolute atomic E-state index is 14.2. The van der Waals surface area contributed by atoms with Crippen LogP contribution >= 0.6 is 39.1 Å². The minimum Gasteiger partial charge on any atom is -0.469 e. The molecular formula is C26H25BrCl2N4O5S. The number of aromatic nitrogens is 2. The predicted molar refractivity (Wildman–Crippen MR) is 151 cm³/mol. The molecule has 3 aromatic rings. The van der Waals surface area contributed by atoms with E-state index in [4.69, 9.17) is 27.9 Å². The van der Waals surface area contributed by atoms with Gasteiger partial charge >= 0.3 is 5.97 Å². The van der Waals surface area contributed by atoms with Crippen LogP contribution in [-0.4, -0.2) is 54.3 Å². The number of benzene rings is 2. The molecule has 1 aromatic heterocycles. The van der Waals surface area contributed by atoms with Crippen molar-refractivity contribution in [2.45, 2.75) is 36.8 Å². The largest absolute Gasteiger partial charge is 0.469 e. The Hall–Kier alpha value is -2.44. The van der Waals surface area contributed by atoms with Crippen molar-refractivity contribution in [2.24, 2.45) is 5.92 Å². The van der Waals surface area contributed by atoms with Crippen molar-refractivity contribution in [1.29, 1.82) is 0 Å². The fraction of sp³-hybridized carbons (Fsp3) is 0.346. The number of ether oxygens (including phenoxy) is 1. The third kappa shape index (κ3) is 4.99. The van der Waals surface area contributed by atoms with Gasteiger partial charge in [0.1, 0.15) is 5.54 Å². The molecule has 13 heteroatoms. The van der Waals surface area contributed by atoms with Crippen LogP contribution in [0.25, 0.3) is 0 Å². The van der Waals surface area contributed by atoms with Crippen LogP contribution in [0, 0.1) is 5.92 Å².